The molecule has 0 radical (unpaired) electrons. The minimum absolute atomic E-state index is 0.0987. The van der Waals surface area contributed by atoms with Crippen LogP contribution in [0.2, 0.25) is 0 Å². The number of carbonyl (C=O) groups excluding carboxylic acids is 1. The van der Waals surface area contributed by atoms with Gasteiger partial charge < -0.3 is 4.42 Å². The third-order valence-electron chi connectivity index (χ3n) is 3.72. The average molecular weight is 324 g/mol. The van der Waals surface area contributed by atoms with Crippen molar-refractivity contribution < 1.29 is 13.6 Å². The normalized spacial score (nSPS) is 10.7. The van der Waals surface area contributed by atoms with Gasteiger partial charge in [0, 0.05) is 12.6 Å². The fourth-order valence-corrected chi connectivity index (χ4v) is 2.44. The van der Waals surface area contributed by atoms with E-state index in [9.17, 15) is 9.18 Å². The van der Waals surface area contributed by atoms with E-state index in [1.165, 1.54) is 12.3 Å². The number of pyridine rings is 1. The molecule has 2 heterocycles. The van der Waals surface area contributed by atoms with Crippen LogP contribution in [-0.2, 0) is 6.42 Å². The van der Waals surface area contributed by atoms with Crippen molar-refractivity contribution in [3.63, 3.8) is 0 Å². The first-order valence-electron chi connectivity index (χ1n) is 7.88. The van der Waals surface area contributed by atoms with Gasteiger partial charge in [0.1, 0.15) is 11.5 Å². The molecule has 0 saturated heterocycles. The van der Waals surface area contributed by atoms with Gasteiger partial charge in [-0.2, -0.15) is 0 Å². The molecule has 0 atom stereocenters. The van der Waals surface area contributed by atoms with E-state index in [-0.39, 0.29) is 17.5 Å². The Balaban J connectivity index is 1.51. The summed E-state index contributed by atoms with van der Waals surface area (Å²) in [5.74, 6) is 0.231. The molecular weight excluding hydrogens is 307 g/mol. The smallest absolute Gasteiger partial charge is 0.263 e. The van der Waals surface area contributed by atoms with Crippen molar-refractivity contribution in [1.29, 1.82) is 0 Å². The number of nitrogens with zero attached hydrogens (tertiary/aromatic N) is 2. The Kier molecular flexibility index (Phi) is 5.11. The number of carbonyl (C=O) groups is 1. The molecule has 3 rings (SSSR count). The zero-order valence-electron chi connectivity index (χ0n) is 13.1. The minimum Gasteiger partial charge on any atom is -0.432 e. The molecule has 5 heteroatoms. The van der Waals surface area contributed by atoms with E-state index >= 15 is 0 Å². The Hall–Kier alpha value is -2.82. The largest absolute Gasteiger partial charge is 0.432 e. The SMILES string of the molecule is O=C(CCCCc1ccccc1F)c1ncc(-c2ccccn2)o1. The Morgan fingerprint density at radius 1 is 1.04 bits per heavy atom. The minimum atomic E-state index is -0.198. The maximum absolute atomic E-state index is 13.5. The predicted molar refractivity (Wildman–Crippen MR) is 88.0 cm³/mol. The van der Waals surface area contributed by atoms with Crippen LogP contribution in [0, 0.1) is 5.82 Å². The van der Waals surface area contributed by atoms with Crippen molar-refractivity contribution in [2.75, 3.05) is 0 Å². The van der Waals surface area contributed by atoms with E-state index in [1.54, 1.807) is 24.4 Å². The zero-order valence-corrected chi connectivity index (χ0v) is 13.1. The van der Waals surface area contributed by atoms with Crippen LogP contribution in [-0.4, -0.2) is 15.8 Å². The lowest BCUT2D eigenvalue weighted by Crippen LogP contribution is -2.00. The molecule has 4 nitrogen and oxygen atoms in total. The third kappa shape index (κ3) is 3.93. The summed E-state index contributed by atoms with van der Waals surface area (Å²) in [5.41, 5.74) is 1.32. The molecule has 0 aliphatic heterocycles. The van der Waals surface area contributed by atoms with Gasteiger partial charge in [-0.3, -0.25) is 9.78 Å². The Morgan fingerprint density at radius 3 is 2.67 bits per heavy atom. The summed E-state index contributed by atoms with van der Waals surface area (Å²) in [5, 5.41) is 0. The number of unbranched alkanes of at least 4 members (excludes halogenated alkanes) is 1. The summed E-state index contributed by atoms with van der Waals surface area (Å²) in [6.07, 6.45) is 5.51. The average Bonchev–Trinajstić information content (AvgIpc) is 3.11. The summed E-state index contributed by atoms with van der Waals surface area (Å²) < 4.78 is 19.0. The molecule has 1 aromatic carbocycles. The van der Waals surface area contributed by atoms with Crippen molar-refractivity contribution in [3.05, 3.63) is 72.1 Å². The van der Waals surface area contributed by atoms with E-state index in [4.69, 9.17) is 4.42 Å². The third-order valence-corrected chi connectivity index (χ3v) is 3.72. The first-order chi connectivity index (χ1) is 11.7. The van der Waals surface area contributed by atoms with E-state index in [0.717, 1.165) is 6.42 Å². The van der Waals surface area contributed by atoms with Crippen LogP contribution < -0.4 is 0 Å². The second-order valence-electron chi connectivity index (χ2n) is 5.47. The van der Waals surface area contributed by atoms with Gasteiger partial charge in [-0.1, -0.05) is 24.3 Å². The second kappa shape index (κ2) is 7.64. The van der Waals surface area contributed by atoms with E-state index in [1.807, 2.05) is 18.2 Å². The van der Waals surface area contributed by atoms with Crippen molar-refractivity contribution >= 4 is 5.78 Å². The number of aromatic nitrogens is 2. The van der Waals surface area contributed by atoms with Crippen molar-refractivity contribution in [3.8, 4) is 11.5 Å². The van der Waals surface area contributed by atoms with Crippen molar-refractivity contribution in [2.24, 2.45) is 0 Å². The molecule has 0 spiro atoms. The molecule has 2 aromatic heterocycles. The summed E-state index contributed by atoms with van der Waals surface area (Å²) >= 11 is 0. The van der Waals surface area contributed by atoms with Gasteiger partial charge in [0.25, 0.3) is 5.89 Å². The van der Waals surface area contributed by atoms with Crippen LogP contribution in [0.15, 0.2) is 59.3 Å². The Morgan fingerprint density at radius 2 is 1.88 bits per heavy atom. The quantitative estimate of drug-likeness (QED) is 0.475. The number of hydrogen-bond donors (Lipinski definition) is 0. The first kappa shape index (κ1) is 16.1. The topological polar surface area (TPSA) is 56.0 Å². The van der Waals surface area contributed by atoms with Crippen molar-refractivity contribution in [1.82, 2.24) is 9.97 Å². The van der Waals surface area contributed by atoms with Crippen molar-refractivity contribution in [2.45, 2.75) is 25.7 Å². The molecule has 0 unspecified atom stereocenters. The van der Waals surface area contributed by atoms with Gasteiger partial charge in [0.15, 0.2) is 5.76 Å². The molecule has 0 aliphatic rings. The molecule has 0 aliphatic carbocycles. The number of ketones is 1. The number of rotatable bonds is 7. The van der Waals surface area contributed by atoms with Crippen LogP contribution in [0.3, 0.4) is 0 Å². The van der Waals surface area contributed by atoms with Crippen LogP contribution >= 0.6 is 0 Å². The predicted octanol–water partition coefficient (Wildman–Crippen LogP) is 4.47. The molecule has 24 heavy (non-hydrogen) atoms. The van der Waals surface area contributed by atoms with Gasteiger partial charge in [-0.25, -0.2) is 9.37 Å². The molecule has 0 bridgehead atoms. The summed E-state index contributed by atoms with van der Waals surface area (Å²) in [6.45, 7) is 0. The standard InChI is InChI=1S/C19H17FN2O2/c20-15-9-3-1-7-14(15)8-2-4-11-17(23)19-22-13-18(24-19)16-10-5-6-12-21-16/h1,3,5-7,9-10,12-13H,2,4,8,11H2. The second-order valence-corrected chi connectivity index (χ2v) is 5.47. The van der Waals surface area contributed by atoms with E-state index < -0.39 is 0 Å². The molecular formula is C19H17FN2O2. The van der Waals surface area contributed by atoms with E-state index in [0.29, 0.717) is 36.3 Å². The van der Waals surface area contributed by atoms with Crippen LogP contribution in [0.5, 0.6) is 0 Å². The van der Waals surface area contributed by atoms with Gasteiger partial charge in [0.2, 0.25) is 5.78 Å². The fourth-order valence-electron chi connectivity index (χ4n) is 2.44. The van der Waals surface area contributed by atoms with Crippen LogP contribution in [0.4, 0.5) is 4.39 Å². The maximum atomic E-state index is 13.5. The van der Waals surface area contributed by atoms with Crippen LogP contribution in [0.1, 0.15) is 35.5 Å². The monoisotopic (exact) mass is 324 g/mol. The van der Waals surface area contributed by atoms with Gasteiger partial charge >= 0.3 is 0 Å². The molecule has 0 saturated carbocycles. The lowest BCUT2D eigenvalue weighted by atomic mass is 10.1. The van der Waals surface area contributed by atoms with E-state index in [2.05, 4.69) is 9.97 Å². The summed E-state index contributed by atoms with van der Waals surface area (Å²) in [6, 6.07) is 12.1. The number of hydrogen-bond acceptors (Lipinski definition) is 4. The fraction of sp³-hybridized carbons (Fsp3) is 0.211. The lowest BCUT2D eigenvalue weighted by molar-refractivity contribution is 0.0946. The molecule has 0 fully saturated rings. The lowest BCUT2D eigenvalue weighted by Gasteiger charge is -2.02. The van der Waals surface area contributed by atoms with Gasteiger partial charge in [-0.15, -0.1) is 0 Å². The van der Waals surface area contributed by atoms with Gasteiger partial charge in [0.05, 0.1) is 6.20 Å². The van der Waals surface area contributed by atoms with Gasteiger partial charge in [-0.05, 0) is 43.0 Å². The number of oxazole rings is 1. The zero-order chi connectivity index (χ0) is 16.8. The number of benzene rings is 1. The number of halogens is 1. The highest BCUT2D eigenvalue weighted by Crippen LogP contribution is 2.19. The highest BCUT2D eigenvalue weighted by molar-refractivity contribution is 5.91. The maximum Gasteiger partial charge on any atom is 0.263 e. The van der Waals surface area contributed by atoms with Crippen LogP contribution in [0.25, 0.3) is 11.5 Å². The highest BCUT2D eigenvalue weighted by Gasteiger charge is 2.14. The molecule has 122 valence electrons. The molecule has 3 aromatic rings. The molecule has 0 amide bonds. The Labute approximate surface area is 139 Å². The first-order valence-corrected chi connectivity index (χ1v) is 7.88. The number of Topliss-reactive ketones (excluding diaryl/α,β-unsaturated/α-hetero) is 1. The summed E-state index contributed by atoms with van der Waals surface area (Å²) in [4.78, 5) is 20.3. The highest BCUT2D eigenvalue weighted by atomic mass is 19.1. The Bertz CT molecular complexity index is 815. The summed E-state index contributed by atoms with van der Waals surface area (Å²) in [7, 11) is 0. The molecule has 0 N–H and O–H groups in total. The number of aryl methyl sites for hydroxylation is 1.